The lowest BCUT2D eigenvalue weighted by Crippen LogP contribution is -2.47. The van der Waals surface area contributed by atoms with E-state index in [9.17, 15) is 18.0 Å². The fourth-order valence-electron chi connectivity index (χ4n) is 1.64. The van der Waals surface area contributed by atoms with Gasteiger partial charge in [-0.15, -0.1) is 0 Å². The van der Waals surface area contributed by atoms with Gasteiger partial charge in [-0.25, -0.2) is 8.42 Å². The van der Waals surface area contributed by atoms with Crippen molar-refractivity contribution in [2.24, 2.45) is 11.7 Å². The molecule has 0 fully saturated rings. The molecule has 110 valence electrons. The van der Waals surface area contributed by atoms with Gasteiger partial charge < -0.3 is 5.73 Å². The van der Waals surface area contributed by atoms with E-state index in [2.05, 4.69) is 4.72 Å². The maximum Gasteiger partial charge on any atom is 0.241 e. The van der Waals surface area contributed by atoms with Crippen molar-refractivity contribution < 1.29 is 18.0 Å². The van der Waals surface area contributed by atoms with Crippen LogP contribution in [0.2, 0.25) is 0 Å². The van der Waals surface area contributed by atoms with Gasteiger partial charge in [-0.05, 0) is 25.0 Å². The van der Waals surface area contributed by atoms with Crippen molar-refractivity contribution in [3.63, 3.8) is 0 Å². The summed E-state index contributed by atoms with van der Waals surface area (Å²) in [6.45, 7) is 4.72. The average Bonchev–Trinajstić information content (AvgIpc) is 2.35. The maximum absolute atomic E-state index is 12.2. The van der Waals surface area contributed by atoms with Crippen LogP contribution in [0.5, 0.6) is 0 Å². The molecule has 0 spiro atoms. The van der Waals surface area contributed by atoms with Gasteiger partial charge in [-0.3, -0.25) is 9.59 Å². The van der Waals surface area contributed by atoms with Crippen molar-refractivity contribution in [1.29, 1.82) is 0 Å². The Hall–Kier alpha value is -1.73. The molecule has 0 aromatic heterocycles. The molecule has 1 amide bonds. The third-order valence-electron chi connectivity index (χ3n) is 2.81. The number of hydrogen-bond donors (Lipinski definition) is 2. The van der Waals surface area contributed by atoms with Gasteiger partial charge in [0.05, 0.1) is 4.90 Å². The van der Waals surface area contributed by atoms with Crippen molar-refractivity contribution in [3.05, 3.63) is 29.8 Å². The van der Waals surface area contributed by atoms with Crippen LogP contribution in [0.25, 0.3) is 0 Å². The molecule has 0 aliphatic rings. The first-order valence-corrected chi connectivity index (χ1v) is 7.56. The molecule has 0 saturated heterocycles. The molecule has 0 aliphatic heterocycles. The Morgan fingerprint density at radius 2 is 1.85 bits per heavy atom. The van der Waals surface area contributed by atoms with Crippen molar-refractivity contribution in [1.82, 2.24) is 4.72 Å². The monoisotopic (exact) mass is 298 g/mol. The summed E-state index contributed by atoms with van der Waals surface area (Å²) in [5, 5.41) is 0. The van der Waals surface area contributed by atoms with Crippen LogP contribution in [0.15, 0.2) is 29.2 Å². The minimum Gasteiger partial charge on any atom is -0.368 e. The summed E-state index contributed by atoms with van der Waals surface area (Å²) in [5.74, 6) is -1.26. The van der Waals surface area contributed by atoms with Crippen molar-refractivity contribution in [2.75, 3.05) is 0 Å². The first-order chi connectivity index (χ1) is 9.15. The highest BCUT2D eigenvalue weighted by Gasteiger charge is 2.26. The zero-order valence-corrected chi connectivity index (χ0v) is 12.4. The van der Waals surface area contributed by atoms with Gasteiger partial charge >= 0.3 is 0 Å². The minimum atomic E-state index is -3.91. The quantitative estimate of drug-likeness (QED) is 0.753. The molecule has 0 radical (unpaired) electrons. The lowest BCUT2D eigenvalue weighted by molar-refractivity contribution is -0.120. The molecular weight excluding hydrogens is 280 g/mol. The summed E-state index contributed by atoms with van der Waals surface area (Å²) < 4.78 is 26.7. The normalized spacial score (nSPS) is 13.2. The standard InChI is InChI=1S/C13H18N2O4S/c1-8(2)12(13(14)17)15-20(18,19)11-6-4-5-10(7-11)9(3)16/h4-8,12,15H,1-3H3,(H2,14,17)/t12-/m1/s1. The average molecular weight is 298 g/mol. The van der Waals surface area contributed by atoms with Crippen LogP contribution in [0.3, 0.4) is 0 Å². The Balaban J connectivity index is 3.14. The number of ketones is 1. The van der Waals surface area contributed by atoms with E-state index in [-0.39, 0.29) is 22.2 Å². The largest absolute Gasteiger partial charge is 0.368 e. The maximum atomic E-state index is 12.2. The molecule has 0 saturated carbocycles. The second kappa shape index (κ2) is 6.15. The summed E-state index contributed by atoms with van der Waals surface area (Å²) in [5.41, 5.74) is 5.47. The van der Waals surface area contributed by atoms with Gasteiger partial charge in [0.15, 0.2) is 5.78 Å². The summed E-state index contributed by atoms with van der Waals surface area (Å²) in [6, 6.07) is 4.62. The molecule has 1 rings (SSSR count). The Kier molecular flexibility index (Phi) is 5.02. The van der Waals surface area contributed by atoms with E-state index in [1.165, 1.54) is 31.2 Å². The number of nitrogens with one attached hydrogen (secondary N) is 1. The Morgan fingerprint density at radius 3 is 2.30 bits per heavy atom. The Morgan fingerprint density at radius 1 is 1.25 bits per heavy atom. The number of carbonyl (C=O) groups is 2. The lowest BCUT2D eigenvalue weighted by Gasteiger charge is -2.19. The van der Waals surface area contributed by atoms with Gasteiger partial charge in [-0.1, -0.05) is 26.0 Å². The van der Waals surface area contributed by atoms with Crippen LogP contribution in [-0.2, 0) is 14.8 Å². The van der Waals surface area contributed by atoms with E-state index in [0.29, 0.717) is 0 Å². The number of nitrogens with two attached hydrogens (primary N) is 1. The zero-order chi connectivity index (χ0) is 15.5. The van der Waals surface area contributed by atoms with Gasteiger partial charge in [0.25, 0.3) is 0 Å². The van der Waals surface area contributed by atoms with Crippen LogP contribution >= 0.6 is 0 Å². The smallest absolute Gasteiger partial charge is 0.241 e. The molecule has 0 bridgehead atoms. The van der Waals surface area contributed by atoms with Crippen LogP contribution in [0.4, 0.5) is 0 Å². The van der Waals surface area contributed by atoms with Crippen LogP contribution in [0, 0.1) is 5.92 Å². The van der Waals surface area contributed by atoms with E-state index < -0.39 is 22.0 Å². The lowest BCUT2D eigenvalue weighted by atomic mass is 10.1. The topological polar surface area (TPSA) is 106 Å². The number of sulfonamides is 1. The van der Waals surface area contributed by atoms with Gasteiger partial charge in [-0.2, -0.15) is 4.72 Å². The summed E-state index contributed by atoms with van der Waals surface area (Å²) in [7, 11) is -3.91. The number of amides is 1. The molecule has 0 heterocycles. The van der Waals surface area contributed by atoms with E-state index >= 15 is 0 Å². The third kappa shape index (κ3) is 3.88. The summed E-state index contributed by atoms with van der Waals surface area (Å²) in [4.78, 5) is 22.5. The fraction of sp³-hybridized carbons (Fsp3) is 0.385. The number of Topliss-reactive ketones (excluding diaryl/α,β-unsaturated/α-hetero) is 1. The predicted molar refractivity (Wildman–Crippen MR) is 74.6 cm³/mol. The number of carbonyl (C=O) groups excluding carboxylic acids is 2. The molecule has 7 heteroatoms. The number of benzene rings is 1. The van der Waals surface area contributed by atoms with E-state index in [1.54, 1.807) is 13.8 Å². The molecule has 1 aromatic carbocycles. The zero-order valence-electron chi connectivity index (χ0n) is 11.6. The Labute approximate surface area is 118 Å². The Bertz CT molecular complexity index is 623. The second-order valence-corrected chi connectivity index (χ2v) is 6.54. The van der Waals surface area contributed by atoms with Crippen LogP contribution in [0.1, 0.15) is 31.1 Å². The molecule has 6 nitrogen and oxygen atoms in total. The second-order valence-electron chi connectivity index (χ2n) is 4.83. The van der Waals surface area contributed by atoms with Gasteiger partial charge in [0.2, 0.25) is 15.9 Å². The molecule has 0 unspecified atom stereocenters. The number of hydrogen-bond acceptors (Lipinski definition) is 4. The van der Waals surface area contributed by atoms with E-state index in [1.807, 2.05) is 0 Å². The van der Waals surface area contributed by atoms with Crippen LogP contribution in [-0.4, -0.2) is 26.2 Å². The van der Waals surface area contributed by atoms with Gasteiger partial charge in [0, 0.05) is 5.56 Å². The minimum absolute atomic E-state index is 0.0721. The number of rotatable bonds is 6. The molecule has 1 aromatic rings. The van der Waals surface area contributed by atoms with Crippen molar-refractivity contribution in [3.8, 4) is 0 Å². The fourth-order valence-corrected chi connectivity index (χ4v) is 3.04. The van der Waals surface area contributed by atoms with Gasteiger partial charge in [0.1, 0.15) is 6.04 Å². The highest BCUT2D eigenvalue weighted by atomic mass is 32.2. The highest BCUT2D eigenvalue weighted by molar-refractivity contribution is 7.89. The predicted octanol–water partition coefficient (Wildman–Crippen LogP) is 0.677. The molecular formula is C13H18N2O4S. The SMILES string of the molecule is CC(=O)c1cccc(S(=O)(=O)N[C@@H](C(N)=O)C(C)C)c1. The number of primary amides is 1. The molecule has 20 heavy (non-hydrogen) atoms. The molecule has 3 N–H and O–H groups in total. The third-order valence-corrected chi connectivity index (χ3v) is 4.24. The summed E-state index contributed by atoms with van der Waals surface area (Å²) in [6.07, 6.45) is 0. The molecule has 0 aliphatic carbocycles. The van der Waals surface area contributed by atoms with Crippen molar-refractivity contribution >= 4 is 21.7 Å². The van der Waals surface area contributed by atoms with E-state index in [0.717, 1.165) is 0 Å². The highest BCUT2D eigenvalue weighted by Crippen LogP contribution is 2.14. The molecule has 1 atom stereocenters. The first-order valence-electron chi connectivity index (χ1n) is 6.08. The van der Waals surface area contributed by atoms with Crippen LogP contribution < -0.4 is 10.5 Å². The van der Waals surface area contributed by atoms with E-state index in [4.69, 9.17) is 5.73 Å². The van der Waals surface area contributed by atoms with Crippen molar-refractivity contribution in [2.45, 2.75) is 31.7 Å². The summed E-state index contributed by atoms with van der Waals surface area (Å²) >= 11 is 0. The first kappa shape index (κ1) is 16.3.